The second kappa shape index (κ2) is 8.32. The van der Waals surface area contributed by atoms with E-state index in [2.05, 4.69) is 25.9 Å². The summed E-state index contributed by atoms with van der Waals surface area (Å²) in [4.78, 5) is 8.39. The monoisotopic (exact) mass is 441 g/mol. The molecule has 7 nitrogen and oxygen atoms in total. The molecule has 2 aromatic rings. The van der Waals surface area contributed by atoms with Gasteiger partial charge in [-0.05, 0) is 47.8 Å². The molecule has 2 heterocycles. The first-order chi connectivity index (χ1) is 12.5. The highest BCUT2D eigenvalue weighted by molar-refractivity contribution is 9.10. The van der Waals surface area contributed by atoms with Crippen LogP contribution in [0, 0.1) is 0 Å². The van der Waals surface area contributed by atoms with Gasteiger partial charge >= 0.3 is 6.01 Å². The minimum absolute atomic E-state index is 0.107. The molecule has 9 heteroatoms. The van der Waals surface area contributed by atoms with Crippen molar-refractivity contribution in [3.63, 3.8) is 0 Å². The highest BCUT2D eigenvalue weighted by Crippen LogP contribution is 2.29. The third kappa shape index (κ3) is 4.33. The molecule has 0 atom stereocenters. The molecule has 1 aromatic heterocycles. The number of hydrogen-bond donors (Lipinski definition) is 0. The third-order valence-electron chi connectivity index (χ3n) is 4.04. The number of para-hydroxylation sites is 1. The Morgan fingerprint density at radius 2 is 1.85 bits per heavy atom. The van der Waals surface area contributed by atoms with Gasteiger partial charge in [0.1, 0.15) is 16.7 Å². The maximum absolute atomic E-state index is 13.0. The lowest BCUT2D eigenvalue weighted by molar-refractivity contribution is 0.124. The van der Waals surface area contributed by atoms with Crippen LogP contribution in [0.3, 0.4) is 0 Å². The summed E-state index contributed by atoms with van der Waals surface area (Å²) in [5.74, 6) is 0.386. The molecule has 3 rings (SSSR count). The molecule has 0 aliphatic carbocycles. The van der Waals surface area contributed by atoms with E-state index in [0.29, 0.717) is 44.3 Å². The van der Waals surface area contributed by atoms with Gasteiger partial charge in [0.05, 0.1) is 11.1 Å². The normalized spacial score (nSPS) is 16.4. The standard InChI is InChI=1S/C17H20BrN3O4S/c1-2-24-15-5-3-4-6-16(15)26(22,23)21-9-7-14(8-10-21)25-17-19-11-13(18)12-20-17/h3-6,11-12,14H,2,7-10H2,1H3. The van der Waals surface area contributed by atoms with E-state index < -0.39 is 10.0 Å². The zero-order valence-corrected chi connectivity index (χ0v) is 16.7. The number of benzene rings is 1. The van der Waals surface area contributed by atoms with Crippen LogP contribution in [0.25, 0.3) is 0 Å². The van der Waals surface area contributed by atoms with Crippen LogP contribution in [-0.2, 0) is 10.0 Å². The molecular formula is C17H20BrN3O4S. The van der Waals surface area contributed by atoms with Gasteiger partial charge in [-0.2, -0.15) is 4.31 Å². The van der Waals surface area contributed by atoms with Gasteiger partial charge in [0.15, 0.2) is 0 Å². The first-order valence-corrected chi connectivity index (χ1v) is 10.6. The largest absolute Gasteiger partial charge is 0.492 e. The summed E-state index contributed by atoms with van der Waals surface area (Å²) >= 11 is 3.28. The van der Waals surface area contributed by atoms with Crippen molar-refractivity contribution in [1.82, 2.24) is 14.3 Å². The molecule has 1 aromatic carbocycles. The number of piperidine rings is 1. The summed E-state index contributed by atoms with van der Waals surface area (Å²) in [5, 5.41) is 0. The maximum Gasteiger partial charge on any atom is 0.316 e. The van der Waals surface area contributed by atoms with Gasteiger partial charge in [-0.25, -0.2) is 18.4 Å². The van der Waals surface area contributed by atoms with Crippen molar-refractivity contribution in [2.24, 2.45) is 0 Å². The van der Waals surface area contributed by atoms with E-state index in [-0.39, 0.29) is 11.0 Å². The fourth-order valence-corrected chi connectivity index (χ4v) is 4.58. The quantitative estimate of drug-likeness (QED) is 0.685. The molecule has 0 spiro atoms. The Bertz CT molecular complexity index is 837. The molecule has 26 heavy (non-hydrogen) atoms. The Labute approximate surface area is 161 Å². The third-order valence-corrected chi connectivity index (χ3v) is 6.38. The molecule has 1 saturated heterocycles. The molecule has 0 amide bonds. The Balaban J connectivity index is 1.66. The fourth-order valence-electron chi connectivity index (χ4n) is 2.78. The molecule has 1 aliphatic heterocycles. The van der Waals surface area contributed by atoms with E-state index in [1.807, 2.05) is 6.92 Å². The lowest BCUT2D eigenvalue weighted by atomic mass is 10.1. The zero-order chi connectivity index (χ0) is 18.6. The number of hydrogen-bond acceptors (Lipinski definition) is 6. The summed E-state index contributed by atoms with van der Waals surface area (Å²) in [6.07, 6.45) is 4.29. The Morgan fingerprint density at radius 1 is 1.19 bits per heavy atom. The van der Waals surface area contributed by atoms with E-state index in [1.54, 1.807) is 36.7 Å². The zero-order valence-electron chi connectivity index (χ0n) is 14.3. The summed E-state index contributed by atoms with van der Waals surface area (Å²) in [7, 11) is -3.60. The van der Waals surface area contributed by atoms with E-state index in [1.165, 1.54) is 4.31 Å². The summed E-state index contributed by atoms with van der Waals surface area (Å²) in [6.45, 7) is 3.00. The predicted octanol–water partition coefficient (Wildman–Crippen LogP) is 2.87. The van der Waals surface area contributed by atoms with Gasteiger partial charge in [-0.15, -0.1) is 0 Å². The van der Waals surface area contributed by atoms with Crippen molar-refractivity contribution in [2.75, 3.05) is 19.7 Å². The summed E-state index contributed by atoms with van der Waals surface area (Å²) in [5.41, 5.74) is 0. The van der Waals surface area contributed by atoms with Crippen LogP contribution >= 0.6 is 15.9 Å². The molecule has 0 unspecified atom stereocenters. The maximum atomic E-state index is 13.0. The molecule has 0 bridgehead atoms. The van der Waals surface area contributed by atoms with Crippen LogP contribution in [0.15, 0.2) is 46.0 Å². The van der Waals surface area contributed by atoms with Gasteiger partial charge in [-0.1, -0.05) is 12.1 Å². The number of sulfonamides is 1. The molecular weight excluding hydrogens is 422 g/mol. The van der Waals surface area contributed by atoms with Crippen LogP contribution in [0.1, 0.15) is 19.8 Å². The van der Waals surface area contributed by atoms with Crippen molar-refractivity contribution in [3.05, 3.63) is 41.1 Å². The van der Waals surface area contributed by atoms with E-state index >= 15 is 0 Å². The first-order valence-electron chi connectivity index (χ1n) is 8.37. The Morgan fingerprint density at radius 3 is 2.50 bits per heavy atom. The molecule has 0 radical (unpaired) electrons. The smallest absolute Gasteiger partial charge is 0.316 e. The number of ether oxygens (including phenoxy) is 2. The van der Waals surface area contributed by atoms with Crippen LogP contribution in [-0.4, -0.2) is 48.5 Å². The second-order valence-corrected chi connectivity index (χ2v) is 8.61. The van der Waals surface area contributed by atoms with Crippen molar-refractivity contribution < 1.29 is 17.9 Å². The topological polar surface area (TPSA) is 81.6 Å². The highest BCUT2D eigenvalue weighted by Gasteiger charge is 2.32. The van der Waals surface area contributed by atoms with Crippen molar-refractivity contribution in [1.29, 1.82) is 0 Å². The molecule has 1 aliphatic rings. The van der Waals surface area contributed by atoms with Gasteiger partial charge in [-0.3, -0.25) is 0 Å². The number of rotatable bonds is 6. The van der Waals surface area contributed by atoms with Crippen LogP contribution < -0.4 is 9.47 Å². The van der Waals surface area contributed by atoms with Crippen molar-refractivity contribution >= 4 is 26.0 Å². The average molecular weight is 442 g/mol. The van der Waals surface area contributed by atoms with Gasteiger partial charge < -0.3 is 9.47 Å². The van der Waals surface area contributed by atoms with E-state index in [9.17, 15) is 8.42 Å². The van der Waals surface area contributed by atoms with Crippen molar-refractivity contribution in [3.8, 4) is 11.8 Å². The fraction of sp³-hybridized carbons (Fsp3) is 0.412. The Hall–Kier alpha value is -1.71. The van der Waals surface area contributed by atoms with Gasteiger partial charge in [0, 0.05) is 25.5 Å². The van der Waals surface area contributed by atoms with Crippen LogP contribution in [0.4, 0.5) is 0 Å². The number of aromatic nitrogens is 2. The summed E-state index contributed by atoms with van der Waals surface area (Å²) < 4.78 is 39.4. The van der Waals surface area contributed by atoms with Crippen LogP contribution in [0.5, 0.6) is 11.8 Å². The number of halogens is 1. The van der Waals surface area contributed by atoms with E-state index in [4.69, 9.17) is 9.47 Å². The molecule has 0 saturated carbocycles. The lowest BCUT2D eigenvalue weighted by Gasteiger charge is -2.31. The van der Waals surface area contributed by atoms with E-state index in [0.717, 1.165) is 4.47 Å². The first kappa shape index (κ1) is 19.1. The van der Waals surface area contributed by atoms with Crippen LogP contribution in [0.2, 0.25) is 0 Å². The predicted molar refractivity (Wildman–Crippen MR) is 99.8 cm³/mol. The lowest BCUT2D eigenvalue weighted by Crippen LogP contribution is -2.42. The highest BCUT2D eigenvalue weighted by atomic mass is 79.9. The minimum atomic E-state index is -3.60. The Kier molecular flexibility index (Phi) is 6.10. The SMILES string of the molecule is CCOc1ccccc1S(=O)(=O)N1CCC(Oc2ncc(Br)cn2)CC1. The molecule has 0 N–H and O–H groups in total. The van der Waals surface area contributed by atoms with Crippen molar-refractivity contribution in [2.45, 2.75) is 30.8 Å². The molecule has 1 fully saturated rings. The minimum Gasteiger partial charge on any atom is -0.492 e. The van der Waals surface area contributed by atoms with Gasteiger partial charge in [0.25, 0.3) is 0 Å². The van der Waals surface area contributed by atoms with Gasteiger partial charge in [0.2, 0.25) is 10.0 Å². The number of nitrogens with zero attached hydrogens (tertiary/aromatic N) is 3. The summed E-state index contributed by atoms with van der Waals surface area (Å²) in [6, 6.07) is 7.03. The second-order valence-electron chi connectivity index (χ2n) is 5.78. The molecule has 140 valence electrons. The average Bonchev–Trinajstić information content (AvgIpc) is 2.65.